The van der Waals surface area contributed by atoms with Crippen molar-refractivity contribution in [3.63, 3.8) is 0 Å². The van der Waals surface area contributed by atoms with E-state index < -0.39 is 12.1 Å². The highest BCUT2D eigenvalue weighted by atomic mass is 16.3. The highest BCUT2D eigenvalue weighted by molar-refractivity contribution is 5.93. The van der Waals surface area contributed by atoms with Crippen molar-refractivity contribution in [3.8, 4) is 0 Å². The van der Waals surface area contributed by atoms with E-state index in [1.807, 2.05) is 25.1 Å². The van der Waals surface area contributed by atoms with Crippen molar-refractivity contribution < 1.29 is 24.3 Å². The Kier molecular flexibility index (Phi) is 11.1. The number of carbonyl (C=O) groups excluding carboxylic acids is 3. The van der Waals surface area contributed by atoms with E-state index in [4.69, 9.17) is 9.90 Å². The Bertz CT molecular complexity index is 700. The fourth-order valence-electron chi connectivity index (χ4n) is 3.07. The van der Waals surface area contributed by atoms with E-state index in [-0.39, 0.29) is 30.2 Å². The van der Waals surface area contributed by atoms with Crippen molar-refractivity contribution in [3.05, 3.63) is 30.1 Å². The number of nitrogens with one attached hydrogen (secondary N) is 3. The molecule has 1 aromatic rings. The summed E-state index contributed by atoms with van der Waals surface area (Å²) < 4.78 is 0. The van der Waals surface area contributed by atoms with Crippen molar-refractivity contribution in [1.82, 2.24) is 25.8 Å². The molecule has 3 atom stereocenters. The number of rotatable bonds is 8. The van der Waals surface area contributed by atoms with Crippen LogP contribution in [0.5, 0.6) is 0 Å². The molecule has 166 valence electrons. The molecule has 10 heteroatoms. The predicted molar refractivity (Wildman–Crippen MR) is 110 cm³/mol. The van der Waals surface area contributed by atoms with Crippen molar-refractivity contribution in [2.45, 2.75) is 57.8 Å². The van der Waals surface area contributed by atoms with E-state index in [0.717, 1.165) is 12.1 Å². The van der Waals surface area contributed by atoms with Gasteiger partial charge in [0.25, 0.3) is 6.47 Å². The number of likely N-dealkylation sites (tertiary alicyclic amines) is 1. The largest absolute Gasteiger partial charge is 0.483 e. The minimum Gasteiger partial charge on any atom is -0.483 e. The number of aromatic nitrogens is 1. The van der Waals surface area contributed by atoms with Gasteiger partial charge in [-0.2, -0.15) is 0 Å². The number of carbonyl (C=O) groups is 4. The summed E-state index contributed by atoms with van der Waals surface area (Å²) in [7, 11) is 1.69. The predicted octanol–water partition coefficient (Wildman–Crippen LogP) is -0.108. The van der Waals surface area contributed by atoms with Gasteiger partial charge in [-0.15, -0.1) is 0 Å². The van der Waals surface area contributed by atoms with Crippen molar-refractivity contribution in [2.75, 3.05) is 13.6 Å². The summed E-state index contributed by atoms with van der Waals surface area (Å²) in [6.45, 7) is 4.18. The molecular formula is C20H31N5O5. The van der Waals surface area contributed by atoms with Crippen LogP contribution in [-0.4, -0.2) is 70.9 Å². The van der Waals surface area contributed by atoms with Crippen LogP contribution in [0.2, 0.25) is 0 Å². The molecule has 2 rings (SSSR count). The molecule has 0 aliphatic carbocycles. The molecule has 1 saturated heterocycles. The Morgan fingerprint density at radius 2 is 2.07 bits per heavy atom. The molecule has 0 unspecified atom stereocenters. The van der Waals surface area contributed by atoms with Crippen LogP contribution < -0.4 is 16.0 Å². The lowest BCUT2D eigenvalue weighted by atomic mass is 10.1. The van der Waals surface area contributed by atoms with Crippen molar-refractivity contribution in [1.29, 1.82) is 0 Å². The second kappa shape index (κ2) is 13.3. The standard InChI is InChI=1S/C19H29N5O3.CH2O2/c1-4-15(23-17(25)13(2)20-3)19(27)24-11-7-9-16(24)18(26)22-12-14-8-5-6-10-21-14;2-1-3/h5-6,8,10,13,15-16,20H,4,7,9,11-12H2,1-3H3,(H,22,26)(H,23,25);1H,(H,2,3)/t13-,15-,16-;/m0./s1. The van der Waals surface area contributed by atoms with Gasteiger partial charge in [0.1, 0.15) is 12.1 Å². The maximum atomic E-state index is 12.9. The van der Waals surface area contributed by atoms with Gasteiger partial charge in [-0.25, -0.2) is 0 Å². The van der Waals surface area contributed by atoms with Gasteiger partial charge in [-0.1, -0.05) is 13.0 Å². The zero-order valence-corrected chi connectivity index (χ0v) is 17.6. The van der Waals surface area contributed by atoms with Crippen LogP contribution >= 0.6 is 0 Å². The highest BCUT2D eigenvalue weighted by Gasteiger charge is 2.37. The fraction of sp³-hybridized carbons (Fsp3) is 0.550. The Labute approximate surface area is 176 Å². The zero-order valence-electron chi connectivity index (χ0n) is 17.6. The molecular weight excluding hydrogens is 390 g/mol. The van der Waals surface area contributed by atoms with Gasteiger partial charge < -0.3 is 26.0 Å². The number of carboxylic acid groups (broad SMARTS) is 1. The Morgan fingerprint density at radius 3 is 2.63 bits per heavy atom. The Hall–Kier alpha value is -3.01. The quantitative estimate of drug-likeness (QED) is 0.429. The first-order valence-corrected chi connectivity index (χ1v) is 9.93. The third-order valence-electron chi connectivity index (χ3n) is 4.86. The molecule has 0 spiro atoms. The van der Waals surface area contributed by atoms with Crippen LogP contribution in [0.1, 0.15) is 38.8 Å². The molecule has 0 aromatic carbocycles. The van der Waals surface area contributed by atoms with E-state index in [9.17, 15) is 14.4 Å². The van der Waals surface area contributed by atoms with E-state index >= 15 is 0 Å². The van der Waals surface area contributed by atoms with Gasteiger partial charge in [0, 0.05) is 12.7 Å². The second-order valence-electron chi connectivity index (χ2n) is 6.81. The molecule has 2 heterocycles. The molecule has 1 aromatic heterocycles. The molecule has 1 aliphatic heterocycles. The van der Waals surface area contributed by atoms with Crippen LogP contribution in [0.15, 0.2) is 24.4 Å². The first kappa shape index (κ1) is 25.0. The first-order valence-electron chi connectivity index (χ1n) is 9.93. The molecule has 30 heavy (non-hydrogen) atoms. The van der Waals surface area contributed by atoms with Crippen LogP contribution in [0, 0.1) is 0 Å². The van der Waals surface area contributed by atoms with Crippen molar-refractivity contribution in [2.24, 2.45) is 0 Å². The van der Waals surface area contributed by atoms with Gasteiger partial charge >= 0.3 is 0 Å². The normalized spacial score (nSPS) is 17.2. The molecule has 10 nitrogen and oxygen atoms in total. The average Bonchev–Trinajstić information content (AvgIpc) is 3.26. The second-order valence-corrected chi connectivity index (χ2v) is 6.81. The lowest BCUT2D eigenvalue weighted by molar-refractivity contribution is -0.141. The number of pyridine rings is 1. The third kappa shape index (κ3) is 7.43. The number of hydrogen-bond acceptors (Lipinski definition) is 6. The zero-order chi connectivity index (χ0) is 22.5. The summed E-state index contributed by atoms with van der Waals surface area (Å²) in [4.78, 5) is 51.7. The van der Waals surface area contributed by atoms with Crippen LogP contribution in [-0.2, 0) is 25.7 Å². The number of likely N-dealkylation sites (N-methyl/N-ethyl adjacent to an activating group) is 1. The molecule has 0 radical (unpaired) electrons. The summed E-state index contributed by atoms with van der Waals surface area (Å²) in [6, 6.07) is 4.00. The summed E-state index contributed by atoms with van der Waals surface area (Å²) >= 11 is 0. The SMILES string of the molecule is CC[C@H](NC(=O)[C@H](C)NC)C(=O)N1CCC[C@H]1C(=O)NCc1ccccn1.O=CO. The fourth-order valence-corrected chi connectivity index (χ4v) is 3.07. The smallest absolute Gasteiger partial charge is 0.290 e. The van der Waals surface area contributed by atoms with Crippen molar-refractivity contribution >= 4 is 24.2 Å². The lowest BCUT2D eigenvalue weighted by Crippen LogP contribution is -2.55. The lowest BCUT2D eigenvalue weighted by Gasteiger charge is -2.28. The molecule has 3 amide bonds. The van der Waals surface area contributed by atoms with Crippen LogP contribution in [0.3, 0.4) is 0 Å². The van der Waals surface area contributed by atoms with E-state index in [0.29, 0.717) is 25.9 Å². The van der Waals surface area contributed by atoms with E-state index in [2.05, 4.69) is 20.9 Å². The van der Waals surface area contributed by atoms with Gasteiger partial charge in [0.2, 0.25) is 17.7 Å². The monoisotopic (exact) mass is 421 g/mol. The first-order chi connectivity index (χ1) is 14.4. The van der Waals surface area contributed by atoms with E-state index in [1.54, 1.807) is 25.1 Å². The minimum atomic E-state index is -0.627. The summed E-state index contributed by atoms with van der Waals surface area (Å²) in [5.41, 5.74) is 0.765. The Balaban J connectivity index is 0.00000141. The molecule has 0 bridgehead atoms. The van der Waals surface area contributed by atoms with Gasteiger partial charge in [-0.05, 0) is 45.4 Å². The van der Waals surface area contributed by atoms with Gasteiger partial charge in [0.15, 0.2) is 0 Å². The summed E-state index contributed by atoms with van der Waals surface area (Å²) in [6.07, 6.45) is 3.54. The van der Waals surface area contributed by atoms with Crippen LogP contribution in [0.25, 0.3) is 0 Å². The minimum absolute atomic E-state index is 0.184. The summed E-state index contributed by atoms with van der Waals surface area (Å²) in [5.74, 6) is -0.617. The number of nitrogens with zero attached hydrogens (tertiary/aromatic N) is 2. The summed E-state index contributed by atoms with van der Waals surface area (Å²) in [5, 5.41) is 15.4. The van der Waals surface area contributed by atoms with Gasteiger partial charge in [-0.3, -0.25) is 24.2 Å². The Morgan fingerprint density at radius 1 is 1.37 bits per heavy atom. The third-order valence-corrected chi connectivity index (χ3v) is 4.86. The van der Waals surface area contributed by atoms with E-state index in [1.165, 1.54) is 0 Å². The molecule has 1 aliphatic rings. The molecule has 0 saturated carbocycles. The topological polar surface area (TPSA) is 141 Å². The molecule has 4 N–H and O–H groups in total. The maximum Gasteiger partial charge on any atom is 0.290 e. The maximum absolute atomic E-state index is 12.9. The highest BCUT2D eigenvalue weighted by Crippen LogP contribution is 2.19. The number of amides is 3. The van der Waals surface area contributed by atoms with Crippen LogP contribution in [0.4, 0.5) is 0 Å². The number of hydrogen-bond donors (Lipinski definition) is 4. The molecule has 1 fully saturated rings. The average molecular weight is 421 g/mol. The van der Waals surface area contributed by atoms with Gasteiger partial charge in [0.05, 0.1) is 18.3 Å².